The second kappa shape index (κ2) is 6.29. The van der Waals surface area contributed by atoms with Gasteiger partial charge in [0.2, 0.25) is 0 Å². The third kappa shape index (κ3) is 2.75. The first kappa shape index (κ1) is 15.8. The second-order valence-corrected chi connectivity index (χ2v) is 5.94. The highest BCUT2D eigenvalue weighted by atomic mass is 16.3. The van der Waals surface area contributed by atoms with Crippen LogP contribution in [0.1, 0.15) is 0 Å². The van der Waals surface area contributed by atoms with Gasteiger partial charge in [0.15, 0.2) is 0 Å². The Balaban J connectivity index is 1.69. The fourth-order valence-corrected chi connectivity index (χ4v) is 3.04. The Bertz CT molecular complexity index is 1050. The van der Waals surface area contributed by atoms with E-state index in [1.54, 1.807) is 12.1 Å². The topological polar surface area (TPSA) is 81.6 Å². The molecule has 0 heterocycles. The molecular formula is C21H16N2O3. The lowest BCUT2D eigenvalue weighted by atomic mass is 10.1. The molecule has 0 atom stereocenters. The number of fused-ring (bicyclic) bond motifs is 2. The summed E-state index contributed by atoms with van der Waals surface area (Å²) in [6.45, 7) is 0. The predicted molar refractivity (Wildman–Crippen MR) is 104 cm³/mol. The molecule has 0 aliphatic heterocycles. The molecule has 0 saturated carbocycles. The Labute approximate surface area is 149 Å². The fraction of sp³-hybridized carbons (Fsp3) is 0. The highest BCUT2D eigenvalue weighted by Crippen LogP contribution is 2.34. The number of aromatic hydroxyl groups is 2. The largest absolute Gasteiger partial charge is 0.506 e. The van der Waals surface area contributed by atoms with Crippen LogP contribution < -0.4 is 10.6 Å². The number of anilines is 2. The van der Waals surface area contributed by atoms with Crippen molar-refractivity contribution in [2.24, 2.45) is 0 Å². The number of carbonyl (C=O) groups is 1. The number of phenols is 2. The highest BCUT2D eigenvalue weighted by molar-refractivity contribution is 6.11. The van der Waals surface area contributed by atoms with E-state index < -0.39 is 6.03 Å². The third-order valence-electron chi connectivity index (χ3n) is 4.29. The molecule has 0 aliphatic carbocycles. The number of phenolic OH excluding ortho intramolecular Hbond substituents is 2. The van der Waals surface area contributed by atoms with Crippen LogP contribution in [0.3, 0.4) is 0 Å². The number of hydrogen-bond donors (Lipinski definition) is 4. The quantitative estimate of drug-likeness (QED) is 0.384. The van der Waals surface area contributed by atoms with Gasteiger partial charge in [-0.15, -0.1) is 0 Å². The summed E-state index contributed by atoms with van der Waals surface area (Å²) in [5.74, 6) is -0.0537. The van der Waals surface area contributed by atoms with Gasteiger partial charge in [0, 0.05) is 10.8 Å². The zero-order valence-corrected chi connectivity index (χ0v) is 13.7. The van der Waals surface area contributed by atoms with Crippen LogP contribution in [0.4, 0.5) is 16.2 Å². The molecule has 0 unspecified atom stereocenters. The molecule has 0 bridgehead atoms. The van der Waals surface area contributed by atoms with Crippen molar-refractivity contribution in [3.63, 3.8) is 0 Å². The molecule has 0 saturated heterocycles. The van der Waals surface area contributed by atoms with Crippen molar-refractivity contribution in [3.8, 4) is 11.5 Å². The highest BCUT2D eigenvalue weighted by Gasteiger charge is 2.14. The summed E-state index contributed by atoms with van der Waals surface area (Å²) in [6, 6.07) is 21.0. The average molecular weight is 344 g/mol. The van der Waals surface area contributed by atoms with Gasteiger partial charge < -0.3 is 20.8 Å². The van der Waals surface area contributed by atoms with Gasteiger partial charge in [-0.2, -0.15) is 0 Å². The normalized spacial score (nSPS) is 10.8. The Kier molecular flexibility index (Phi) is 3.82. The summed E-state index contributed by atoms with van der Waals surface area (Å²) < 4.78 is 0. The van der Waals surface area contributed by atoms with Crippen LogP contribution in [0.15, 0.2) is 72.8 Å². The van der Waals surface area contributed by atoms with Crippen molar-refractivity contribution in [2.45, 2.75) is 0 Å². The molecule has 4 rings (SSSR count). The minimum Gasteiger partial charge on any atom is -0.506 e. The van der Waals surface area contributed by atoms with Crippen molar-refractivity contribution in [1.29, 1.82) is 0 Å². The van der Waals surface area contributed by atoms with E-state index in [0.29, 0.717) is 11.4 Å². The fourth-order valence-electron chi connectivity index (χ4n) is 3.04. The van der Waals surface area contributed by atoms with Crippen molar-refractivity contribution < 1.29 is 15.0 Å². The minimum absolute atomic E-state index is 0.0269. The smallest absolute Gasteiger partial charge is 0.323 e. The number of amides is 2. The van der Waals surface area contributed by atoms with Gasteiger partial charge in [-0.05, 0) is 22.9 Å². The van der Waals surface area contributed by atoms with E-state index >= 15 is 0 Å². The van der Waals surface area contributed by atoms with Crippen molar-refractivity contribution in [3.05, 3.63) is 72.8 Å². The molecule has 26 heavy (non-hydrogen) atoms. The number of rotatable bonds is 2. The van der Waals surface area contributed by atoms with E-state index in [1.165, 1.54) is 12.1 Å². The standard InChI is InChI=1S/C21H16N2O3/c24-17-11-9-13-5-1-3-7-15(13)19(17)22-21(26)23-20-16-8-4-2-6-14(16)10-12-18(20)25/h1-12,24-25H,(H2,22,23,26). The van der Waals surface area contributed by atoms with Gasteiger partial charge in [-0.3, -0.25) is 0 Å². The zero-order chi connectivity index (χ0) is 18.1. The molecule has 0 radical (unpaired) electrons. The van der Waals surface area contributed by atoms with Gasteiger partial charge in [0.05, 0.1) is 11.4 Å². The van der Waals surface area contributed by atoms with Gasteiger partial charge in [0.25, 0.3) is 0 Å². The average Bonchev–Trinajstić information content (AvgIpc) is 2.66. The Morgan fingerprint density at radius 3 is 1.50 bits per heavy atom. The SMILES string of the molecule is O=C(Nc1c(O)ccc2ccccc12)Nc1c(O)ccc2ccccc12. The number of nitrogens with one attached hydrogen (secondary N) is 2. The number of hydrogen-bond acceptors (Lipinski definition) is 3. The van der Waals surface area contributed by atoms with Crippen LogP contribution >= 0.6 is 0 Å². The number of urea groups is 1. The van der Waals surface area contributed by atoms with E-state index in [2.05, 4.69) is 10.6 Å². The summed E-state index contributed by atoms with van der Waals surface area (Å²) in [7, 11) is 0. The lowest BCUT2D eigenvalue weighted by Gasteiger charge is -2.14. The van der Waals surface area contributed by atoms with Gasteiger partial charge in [0.1, 0.15) is 11.5 Å². The molecular weight excluding hydrogens is 328 g/mol. The Hall–Kier alpha value is -3.73. The first-order valence-corrected chi connectivity index (χ1v) is 8.13. The maximum atomic E-state index is 12.5. The van der Waals surface area contributed by atoms with Crippen molar-refractivity contribution >= 4 is 39.0 Å². The molecule has 0 spiro atoms. The van der Waals surface area contributed by atoms with Crippen LogP contribution in [0.25, 0.3) is 21.5 Å². The summed E-state index contributed by atoms with van der Waals surface area (Å²) in [5.41, 5.74) is 0.639. The summed E-state index contributed by atoms with van der Waals surface area (Å²) >= 11 is 0. The monoisotopic (exact) mass is 344 g/mol. The van der Waals surface area contributed by atoms with E-state index in [-0.39, 0.29) is 11.5 Å². The predicted octanol–water partition coefficient (Wildman–Crippen LogP) is 5.05. The van der Waals surface area contributed by atoms with Crippen LogP contribution in [0.5, 0.6) is 11.5 Å². The summed E-state index contributed by atoms with van der Waals surface area (Å²) in [6.07, 6.45) is 0. The maximum absolute atomic E-state index is 12.5. The molecule has 4 aromatic carbocycles. The van der Waals surface area contributed by atoms with Gasteiger partial charge in [-0.25, -0.2) is 4.79 Å². The third-order valence-corrected chi connectivity index (χ3v) is 4.29. The van der Waals surface area contributed by atoms with Crippen LogP contribution in [-0.4, -0.2) is 16.2 Å². The maximum Gasteiger partial charge on any atom is 0.323 e. The van der Waals surface area contributed by atoms with E-state index in [4.69, 9.17) is 0 Å². The number of benzene rings is 4. The van der Waals surface area contributed by atoms with Crippen LogP contribution in [0.2, 0.25) is 0 Å². The minimum atomic E-state index is -0.552. The zero-order valence-electron chi connectivity index (χ0n) is 13.7. The van der Waals surface area contributed by atoms with Crippen LogP contribution in [-0.2, 0) is 0 Å². The lowest BCUT2D eigenvalue weighted by molar-refractivity contribution is 0.262. The second-order valence-electron chi connectivity index (χ2n) is 5.94. The van der Waals surface area contributed by atoms with Crippen LogP contribution in [0, 0.1) is 0 Å². The van der Waals surface area contributed by atoms with E-state index in [9.17, 15) is 15.0 Å². The summed E-state index contributed by atoms with van der Waals surface area (Å²) in [4.78, 5) is 12.5. The Morgan fingerprint density at radius 1 is 0.615 bits per heavy atom. The van der Waals surface area contributed by atoms with Gasteiger partial charge in [-0.1, -0.05) is 60.7 Å². The van der Waals surface area contributed by atoms with E-state index in [0.717, 1.165) is 21.5 Å². The molecule has 0 aliphatic rings. The first-order chi connectivity index (χ1) is 12.6. The number of carbonyl (C=O) groups excluding carboxylic acids is 1. The molecule has 4 N–H and O–H groups in total. The molecule has 0 aromatic heterocycles. The summed E-state index contributed by atoms with van der Waals surface area (Å²) in [5, 5.41) is 28.9. The molecule has 0 fully saturated rings. The van der Waals surface area contributed by atoms with Crippen molar-refractivity contribution in [1.82, 2.24) is 0 Å². The Morgan fingerprint density at radius 2 is 1.04 bits per heavy atom. The van der Waals surface area contributed by atoms with E-state index in [1.807, 2.05) is 48.5 Å². The van der Waals surface area contributed by atoms with Gasteiger partial charge >= 0.3 is 6.03 Å². The lowest BCUT2D eigenvalue weighted by Crippen LogP contribution is -2.20. The molecule has 2 amide bonds. The van der Waals surface area contributed by atoms with Crippen molar-refractivity contribution in [2.75, 3.05) is 10.6 Å². The molecule has 5 heteroatoms. The molecule has 4 aromatic rings. The first-order valence-electron chi connectivity index (χ1n) is 8.13. The molecule has 5 nitrogen and oxygen atoms in total. The molecule has 128 valence electrons.